The highest BCUT2D eigenvalue weighted by Gasteiger charge is 2.21. The first kappa shape index (κ1) is 17.6. The Kier molecular flexibility index (Phi) is 5.29. The van der Waals surface area contributed by atoms with E-state index in [1.807, 2.05) is 20.8 Å². The molecule has 2 aromatic rings. The number of hydrogen-bond acceptors (Lipinski definition) is 4. The van der Waals surface area contributed by atoms with Crippen molar-refractivity contribution < 1.29 is 19.1 Å². The summed E-state index contributed by atoms with van der Waals surface area (Å²) in [7, 11) is 0. The number of para-hydroxylation sites is 1. The molecule has 0 unspecified atom stereocenters. The van der Waals surface area contributed by atoms with E-state index in [2.05, 4.69) is 0 Å². The molecule has 0 atom stereocenters. The SMILES string of the molecule is CC(C)(C)CC(=O)Oc1ccccc1C(=O)c1ccccc1[C]=O. The van der Waals surface area contributed by atoms with Crippen molar-refractivity contribution in [3.8, 4) is 5.75 Å². The summed E-state index contributed by atoms with van der Waals surface area (Å²) in [5, 5.41) is 0. The molecule has 1 radical (unpaired) electrons. The Morgan fingerprint density at radius 3 is 2.17 bits per heavy atom. The molecule has 0 N–H and O–H groups in total. The molecule has 0 bridgehead atoms. The summed E-state index contributed by atoms with van der Waals surface area (Å²) in [5.41, 5.74) is 0.433. The van der Waals surface area contributed by atoms with Crippen LogP contribution in [0.1, 0.15) is 48.7 Å². The largest absolute Gasteiger partial charge is 0.426 e. The molecule has 0 spiro atoms. The van der Waals surface area contributed by atoms with Crippen LogP contribution in [0.25, 0.3) is 0 Å². The molecule has 0 saturated heterocycles. The van der Waals surface area contributed by atoms with E-state index < -0.39 is 5.97 Å². The zero-order chi connectivity index (χ0) is 17.7. The van der Waals surface area contributed by atoms with Gasteiger partial charge in [0.15, 0.2) is 5.78 Å². The van der Waals surface area contributed by atoms with Crippen molar-refractivity contribution in [2.75, 3.05) is 0 Å². The van der Waals surface area contributed by atoms with Crippen LogP contribution in [0.4, 0.5) is 0 Å². The van der Waals surface area contributed by atoms with Gasteiger partial charge in [0, 0.05) is 11.1 Å². The second kappa shape index (κ2) is 7.21. The summed E-state index contributed by atoms with van der Waals surface area (Å²) in [4.78, 5) is 35.8. The Balaban J connectivity index is 2.33. The number of benzene rings is 2. The molecule has 0 fully saturated rings. The Labute approximate surface area is 141 Å². The van der Waals surface area contributed by atoms with Crippen LogP contribution in [-0.2, 0) is 9.59 Å². The standard InChI is InChI=1S/C20H19O4/c1-20(2,3)12-18(22)24-17-11-7-6-10-16(17)19(23)15-9-5-4-8-14(15)13-21/h4-11H,12H2,1-3H3. The second-order valence-corrected chi connectivity index (χ2v) is 6.68. The monoisotopic (exact) mass is 323 g/mol. The van der Waals surface area contributed by atoms with Gasteiger partial charge >= 0.3 is 5.97 Å². The second-order valence-electron chi connectivity index (χ2n) is 6.68. The van der Waals surface area contributed by atoms with Crippen LogP contribution in [0.15, 0.2) is 48.5 Å². The molecule has 0 amide bonds. The predicted molar refractivity (Wildman–Crippen MR) is 90.8 cm³/mol. The van der Waals surface area contributed by atoms with E-state index in [4.69, 9.17) is 4.74 Å². The van der Waals surface area contributed by atoms with Crippen LogP contribution in [-0.4, -0.2) is 18.0 Å². The minimum Gasteiger partial charge on any atom is -0.426 e. The highest BCUT2D eigenvalue weighted by Crippen LogP contribution is 2.25. The maximum absolute atomic E-state index is 12.7. The third kappa shape index (κ3) is 4.38. The number of carbonyl (C=O) groups excluding carboxylic acids is 3. The maximum atomic E-state index is 12.7. The third-order valence-electron chi connectivity index (χ3n) is 3.31. The van der Waals surface area contributed by atoms with Gasteiger partial charge in [0.05, 0.1) is 12.0 Å². The average molecular weight is 323 g/mol. The van der Waals surface area contributed by atoms with Crippen LogP contribution in [0, 0.1) is 5.41 Å². The van der Waals surface area contributed by atoms with Crippen molar-refractivity contribution in [1.29, 1.82) is 0 Å². The number of ketones is 1. The van der Waals surface area contributed by atoms with Crippen LogP contribution in [0.5, 0.6) is 5.75 Å². The highest BCUT2D eigenvalue weighted by atomic mass is 16.5. The first-order chi connectivity index (χ1) is 11.3. The molecule has 0 aliphatic carbocycles. The third-order valence-corrected chi connectivity index (χ3v) is 3.31. The Morgan fingerprint density at radius 2 is 1.54 bits per heavy atom. The van der Waals surface area contributed by atoms with Gasteiger partial charge in [-0.15, -0.1) is 0 Å². The number of hydrogen-bond donors (Lipinski definition) is 0. The maximum Gasteiger partial charge on any atom is 0.311 e. The fourth-order valence-corrected chi connectivity index (χ4v) is 2.25. The number of carbonyl (C=O) groups is 2. The lowest BCUT2D eigenvalue weighted by Gasteiger charge is -2.17. The van der Waals surface area contributed by atoms with Gasteiger partial charge in [0.25, 0.3) is 0 Å². The van der Waals surface area contributed by atoms with E-state index >= 15 is 0 Å². The van der Waals surface area contributed by atoms with E-state index in [0.29, 0.717) is 0 Å². The van der Waals surface area contributed by atoms with Crippen molar-refractivity contribution in [3.63, 3.8) is 0 Å². The van der Waals surface area contributed by atoms with Gasteiger partial charge in [-0.1, -0.05) is 57.2 Å². The summed E-state index contributed by atoms with van der Waals surface area (Å²) in [5.74, 6) is -0.594. The van der Waals surface area contributed by atoms with E-state index in [0.717, 1.165) is 0 Å². The average Bonchev–Trinajstić information content (AvgIpc) is 2.53. The predicted octanol–water partition coefficient (Wildman–Crippen LogP) is 3.72. The van der Waals surface area contributed by atoms with Gasteiger partial charge in [-0.2, -0.15) is 0 Å². The molecule has 2 rings (SSSR count). The van der Waals surface area contributed by atoms with Gasteiger partial charge in [-0.25, -0.2) is 0 Å². The molecule has 0 aliphatic rings. The molecule has 123 valence electrons. The minimum atomic E-state index is -0.405. The molecule has 4 nitrogen and oxygen atoms in total. The molecule has 0 aliphatic heterocycles. The Morgan fingerprint density at radius 1 is 0.958 bits per heavy atom. The van der Waals surface area contributed by atoms with Gasteiger partial charge in [-0.3, -0.25) is 14.4 Å². The Bertz CT molecular complexity index is 769. The summed E-state index contributed by atoms with van der Waals surface area (Å²) in [6.07, 6.45) is 1.99. The number of rotatable bonds is 5. The van der Waals surface area contributed by atoms with Crippen molar-refractivity contribution in [3.05, 3.63) is 65.2 Å². The van der Waals surface area contributed by atoms with Crippen LogP contribution < -0.4 is 4.74 Å². The van der Waals surface area contributed by atoms with Gasteiger partial charge < -0.3 is 4.74 Å². The summed E-state index contributed by atoms with van der Waals surface area (Å²) in [6.45, 7) is 5.80. The zero-order valence-corrected chi connectivity index (χ0v) is 14.0. The number of ether oxygens (including phenoxy) is 1. The Hall–Kier alpha value is -2.75. The fourth-order valence-electron chi connectivity index (χ4n) is 2.25. The lowest BCUT2D eigenvalue weighted by molar-refractivity contribution is -0.136. The first-order valence-corrected chi connectivity index (χ1v) is 7.63. The lowest BCUT2D eigenvalue weighted by atomic mass is 9.92. The molecular weight excluding hydrogens is 304 g/mol. The molecule has 0 saturated carbocycles. The van der Waals surface area contributed by atoms with Gasteiger partial charge in [0.1, 0.15) is 5.75 Å². The molecule has 4 heteroatoms. The first-order valence-electron chi connectivity index (χ1n) is 7.63. The number of esters is 1. The van der Waals surface area contributed by atoms with E-state index in [9.17, 15) is 14.4 Å². The quantitative estimate of drug-likeness (QED) is 0.478. The highest BCUT2D eigenvalue weighted by molar-refractivity contribution is 6.14. The van der Waals surface area contributed by atoms with Crippen LogP contribution in [0.2, 0.25) is 0 Å². The van der Waals surface area contributed by atoms with Crippen molar-refractivity contribution >= 4 is 18.0 Å². The molecule has 0 aromatic heterocycles. The summed E-state index contributed by atoms with van der Waals surface area (Å²) in [6, 6.07) is 12.9. The smallest absolute Gasteiger partial charge is 0.311 e. The molecule has 24 heavy (non-hydrogen) atoms. The summed E-state index contributed by atoms with van der Waals surface area (Å²) >= 11 is 0. The van der Waals surface area contributed by atoms with E-state index in [-0.39, 0.29) is 40.1 Å². The van der Waals surface area contributed by atoms with Crippen LogP contribution in [0.3, 0.4) is 0 Å². The molecule has 2 aromatic carbocycles. The fraction of sp³-hybridized carbons (Fsp3) is 0.250. The minimum absolute atomic E-state index is 0.179. The topological polar surface area (TPSA) is 60.4 Å². The molecule has 0 heterocycles. The summed E-state index contributed by atoms with van der Waals surface area (Å²) < 4.78 is 5.38. The van der Waals surface area contributed by atoms with Gasteiger partial charge in [-0.05, 0) is 17.5 Å². The van der Waals surface area contributed by atoms with E-state index in [1.54, 1.807) is 48.8 Å². The van der Waals surface area contributed by atoms with Crippen molar-refractivity contribution in [2.24, 2.45) is 5.41 Å². The van der Waals surface area contributed by atoms with Crippen molar-refractivity contribution in [2.45, 2.75) is 27.2 Å². The zero-order valence-electron chi connectivity index (χ0n) is 14.0. The normalized spacial score (nSPS) is 11.0. The van der Waals surface area contributed by atoms with Crippen molar-refractivity contribution in [1.82, 2.24) is 0 Å². The van der Waals surface area contributed by atoms with E-state index in [1.165, 1.54) is 6.07 Å². The van der Waals surface area contributed by atoms with Crippen LogP contribution >= 0.6 is 0 Å². The van der Waals surface area contributed by atoms with Gasteiger partial charge in [0.2, 0.25) is 6.29 Å². The lowest BCUT2D eigenvalue weighted by Crippen LogP contribution is -2.19. The molecular formula is C20H19O4.